The van der Waals surface area contributed by atoms with Crippen LogP contribution in [0.15, 0.2) is 12.1 Å². The van der Waals surface area contributed by atoms with Gasteiger partial charge in [-0.05, 0) is 32.9 Å². The molecule has 0 radical (unpaired) electrons. The molecule has 0 aliphatic heterocycles. The molecule has 3 N–H and O–H groups in total. The van der Waals surface area contributed by atoms with Crippen LogP contribution < -0.4 is 11.1 Å². The molecule has 0 fully saturated rings. The van der Waals surface area contributed by atoms with Crippen molar-refractivity contribution in [2.75, 3.05) is 5.32 Å². The predicted octanol–water partition coefficient (Wildman–Crippen LogP) is 2.03. The van der Waals surface area contributed by atoms with Crippen molar-refractivity contribution < 1.29 is 13.2 Å². The number of alkyl halides is 3. The summed E-state index contributed by atoms with van der Waals surface area (Å²) in [5, 5.41) is 9.52. The van der Waals surface area contributed by atoms with Gasteiger partial charge in [0.15, 0.2) is 5.69 Å². The van der Waals surface area contributed by atoms with Crippen molar-refractivity contribution >= 4 is 5.82 Å². The number of rotatable bonds is 3. The average molecular weight is 248 g/mol. The van der Waals surface area contributed by atoms with Gasteiger partial charge in [-0.3, -0.25) is 0 Å². The molecular formula is C10H15F3N4. The molecule has 0 saturated heterocycles. The summed E-state index contributed by atoms with van der Waals surface area (Å²) >= 11 is 0. The Kier molecular flexibility index (Phi) is 3.61. The Hall–Kier alpha value is -1.37. The van der Waals surface area contributed by atoms with Crippen molar-refractivity contribution in [3.05, 3.63) is 17.8 Å². The van der Waals surface area contributed by atoms with E-state index in [4.69, 9.17) is 5.73 Å². The zero-order valence-corrected chi connectivity index (χ0v) is 9.84. The van der Waals surface area contributed by atoms with E-state index in [1.165, 1.54) is 6.07 Å². The van der Waals surface area contributed by atoms with Crippen LogP contribution in [0.5, 0.6) is 0 Å². The van der Waals surface area contributed by atoms with Crippen LogP contribution in [-0.2, 0) is 6.18 Å². The molecule has 1 aromatic heterocycles. The molecular weight excluding hydrogens is 233 g/mol. The van der Waals surface area contributed by atoms with E-state index < -0.39 is 17.4 Å². The van der Waals surface area contributed by atoms with Crippen molar-refractivity contribution in [1.29, 1.82) is 0 Å². The first-order valence-electron chi connectivity index (χ1n) is 5.07. The van der Waals surface area contributed by atoms with Crippen LogP contribution in [0, 0.1) is 0 Å². The van der Waals surface area contributed by atoms with E-state index in [-0.39, 0.29) is 11.9 Å². The van der Waals surface area contributed by atoms with E-state index in [2.05, 4.69) is 15.5 Å². The van der Waals surface area contributed by atoms with E-state index in [0.717, 1.165) is 6.07 Å². The number of halogens is 3. The fourth-order valence-corrected chi connectivity index (χ4v) is 0.994. The maximum Gasteiger partial charge on any atom is 0.435 e. The van der Waals surface area contributed by atoms with Crippen molar-refractivity contribution in [3.8, 4) is 0 Å². The normalized spacial score (nSPS) is 14.5. The Morgan fingerprint density at radius 1 is 1.24 bits per heavy atom. The second-order valence-electron chi connectivity index (χ2n) is 4.44. The maximum absolute atomic E-state index is 12.2. The Balaban J connectivity index is 2.83. The summed E-state index contributed by atoms with van der Waals surface area (Å²) in [6.07, 6.45) is -4.47. The van der Waals surface area contributed by atoms with E-state index in [1.807, 2.05) is 13.8 Å². The minimum absolute atomic E-state index is 0.188. The minimum atomic E-state index is -4.47. The van der Waals surface area contributed by atoms with E-state index in [0.29, 0.717) is 0 Å². The number of hydrogen-bond donors (Lipinski definition) is 2. The Bertz CT molecular complexity index is 370. The molecule has 0 saturated carbocycles. The first-order chi connectivity index (χ1) is 7.63. The topological polar surface area (TPSA) is 63.8 Å². The first-order valence-corrected chi connectivity index (χ1v) is 5.07. The van der Waals surface area contributed by atoms with Gasteiger partial charge >= 0.3 is 6.18 Å². The third kappa shape index (κ3) is 3.55. The van der Waals surface area contributed by atoms with Gasteiger partial charge in [0.25, 0.3) is 0 Å². The predicted molar refractivity (Wildman–Crippen MR) is 58.4 cm³/mol. The first kappa shape index (κ1) is 13.7. The molecule has 1 rings (SSSR count). The number of nitrogens with zero attached hydrogens (tertiary/aromatic N) is 2. The third-order valence-electron chi connectivity index (χ3n) is 2.54. The Morgan fingerprint density at radius 3 is 2.18 bits per heavy atom. The van der Waals surface area contributed by atoms with Gasteiger partial charge < -0.3 is 11.1 Å². The molecule has 0 aromatic carbocycles. The summed E-state index contributed by atoms with van der Waals surface area (Å²) in [5.74, 6) is 0.264. The van der Waals surface area contributed by atoms with Gasteiger partial charge in [0, 0.05) is 11.6 Å². The molecule has 1 unspecified atom stereocenters. The lowest BCUT2D eigenvalue weighted by Gasteiger charge is -2.30. The highest BCUT2D eigenvalue weighted by molar-refractivity contribution is 5.37. The summed E-state index contributed by atoms with van der Waals surface area (Å²) in [6, 6.07) is 1.93. The summed E-state index contributed by atoms with van der Waals surface area (Å²) in [7, 11) is 0. The van der Waals surface area contributed by atoms with Crippen LogP contribution in [0.25, 0.3) is 0 Å². The number of nitrogens with two attached hydrogens (primary N) is 1. The van der Waals surface area contributed by atoms with Gasteiger partial charge in [-0.15, -0.1) is 10.2 Å². The van der Waals surface area contributed by atoms with Gasteiger partial charge in [0.2, 0.25) is 0 Å². The van der Waals surface area contributed by atoms with Crippen LogP contribution in [0.4, 0.5) is 19.0 Å². The maximum atomic E-state index is 12.2. The highest BCUT2D eigenvalue weighted by Gasteiger charge is 2.33. The summed E-state index contributed by atoms with van der Waals surface area (Å²) in [4.78, 5) is 0. The van der Waals surface area contributed by atoms with E-state index in [1.54, 1.807) is 6.92 Å². The smallest absolute Gasteiger partial charge is 0.362 e. The zero-order chi connectivity index (χ0) is 13.3. The fourth-order valence-electron chi connectivity index (χ4n) is 0.994. The largest absolute Gasteiger partial charge is 0.435 e. The highest BCUT2D eigenvalue weighted by Crippen LogP contribution is 2.27. The standard InChI is InChI=1S/C10H15F3N4/c1-6(14)9(2,3)15-8-5-4-7(16-17-8)10(11,12)13/h4-6H,14H2,1-3H3,(H,15,17). The lowest BCUT2D eigenvalue weighted by atomic mass is 9.97. The molecule has 0 aliphatic carbocycles. The molecule has 1 aromatic rings. The second-order valence-corrected chi connectivity index (χ2v) is 4.44. The summed E-state index contributed by atoms with van der Waals surface area (Å²) < 4.78 is 36.7. The van der Waals surface area contributed by atoms with Crippen LogP contribution in [-0.4, -0.2) is 21.8 Å². The summed E-state index contributed by atoms with van der Waals surface area (Å²) in [5.41, 5.74) is 4.24. The number of aromatic nitrogens is 2. The molecule has 0 bridgehead atoms. The number of nitrogens with one attached hydrogen (secondary N) is 1. The highest BCUT2D eigenvalue weighted by atomic mass is 19.4. The SMILES string of the molecule is CC(N)C(C)(C)Nc1ccc(C(F)(F)F)nn1. The van der Waals surface area contributed by atoms with Gasteiger partial charge in [0.05, 0.1) is 0 Å². The third-order valence-corrected chi connectivity index (χ3v) is 2.54. The minimum Gasteiger partial charge on any atom is -0.362 e. The van der Waals surface area contributed by atoms with Gasteiger partial charge in [-0.1, -0.05) is 0 Å². The lowest BCUT2D eigenvalue weighted by molar-refractivity contribution is -0.141. The molecule has 4 nitrogen and oxygen atoms in total. The van der Waals surface area contributed by atoms with Crippen LogP contribution in [0.3, 0.4) is 0 Å². The van der Waals surface area contributed by atoms with Crippen LogP contribution in [0.2, 0.25) is 0 Å². The van der Waals surface area contributed by atoms with E-state index >= 15 is 0 Å². The molecule has 1 atom stereocenters. The van der Waals surface area contributed by atoms with Gasteiger partial charge in [-0.2, -0.15) is 13.2 Å². The molecule has 0 amide bonds. The summed E-state index contributed by atoms with van der Waals surface area (Å²) in [6.45, 7) is 5.46. The number of hydrogen-bond acceptors (Lipinski definition) is 4. The molecule has 0 spiro atoms. The van der Waals surface area contributed by atoms with Crippen molar-refractivity contribution in [2.45, 2.75) is 38.5 Å². The average Bonchev–Trinajstić information content (AvgIpc) is 2.16. The van der Waals surface area contributed by atoms with Crippen LogP contribution >= 0.6 is 0 Å². The van der Waals surface area contributed by atoms with E-state index in [9.17, 15) is 13.2 Å². The van der Waals surface area contributed by atoms with Crippen molar-refractivity contribution in [1.82, 2.24) is 10.2 Å². The molecule has 17 heavy (non-hydrogen) atoms. The Labute approximate surface area is 97.4 Å². The lowest BCUT2D eigenvalue weighted by Crippen LogP contribution is -2.47. The van der Waals surface area contributed by atoms with Crippen molar-refractivity contribution in [2.24, 2.45) is 5.73 Å². The number of anilines is 1. The van der Waals surface area contributed by atoms with Crippen LogP contribution in [0.1, 0.15) is 26.5 Å². The quantitative estimate of drug-likeness (QED) is 0.859. The molecule has 0 aliphatic rings. The zero-order valence-electron chi connectivity index (χ0n) is 9.84. The molecule has 1 heterocycles. The second kappa shape index (κ2) is 4.48. The van der Waals surface area contributed by atoms with Gasteiger partial charge in [-0.25, -0.2) is 0 Å². The molecule has 96 valence electrons. The van der Waals surface area contributed by atoms with Crippen molar-refractivity contribution in [3.63, 3.8) is 0 Å². The monoisotopic (exact) mass is 248 g/mol. The fraction of sp³-hybridized carbons (Fsp3) is 0.600. The van der Waals surface area contributed by atoms with Gasteiger partial charge in [0.1, 0.15) is 5.82 Å². The molecule has 7 heteroatoms. The Morgan fingerprint density at radius 2 is 1.82 bits per heavy atom.